The summed E-state index contributed by atoms with van der Waals surface area (Å²) in [4.78, 5) is 18.5. The highest BCUT2D eigenvalue weighted by Crippen LogP contribution is 2.39. The van der Waals surface area contributed by atoms with Gasteiger partial charge in [0.1, 0.15) is 11.5 Å². The molecule has 7 aromatic rings. The summed E-state index contributed by atoms with van der Waals surface area (Å²) in [5.74, 6) is 1.60. The minimum absolute atomic E-state index is 0.799. The maximum Gasteiger partial charge on any atom is 0.118 e. The van der Waals surface area contributed by atoms with Gasteiger partial charge in [0.15, 0.2) is 0 Å². The van der Waals surface area contributed by atoms with Crippen molar-refractivity contribution in [3.63, 3.8) is 0 Å². The second-order valence-electron chi connectivity index (χ2n) is 13.6. The van der Waals surface area contributed by atoms with E-state index in [2.05, 4.69) is 145 Å². The monoisotopic (exact) mass is 702 g/mol. The number of aromatic nitrogens is 4. The highest BCUT2D eigenvalue weighted by atomic mass is 16.5. The van der Waals surface area contributed by atoms with Crippen LogP contribution in [0.25, 0.3) is 90.9 Å². The molecule has 0 fully saturated rings. The first kappa shape index (κ1) is 33.0. The topological polar surface area (TPSA) is 75.8 Å². The summed E-state index contributed by atoms with van der Waals surface area (Å²) in [6.07, 6.45) is 8.52. The minimum Gasteiger partial charge on any atom is -0.497 e. The third-order valence-corrected chi connectivity index (χ3v) is 10.3. The molecule has 2 N–H and O–H groups in total. The predicted molar refractivity (Wildman–Crippen MR) is 223 cm³/mol. The van der Waals surface area contributed by atoms with Gasteiger partial charge in [-0.15, -0.1) is 0 Å². The van der Waals surface area contributed by atoms with Gasteiger partial charge in [-0.1, -0.05) is 72.8 Å². The maximum atomic E-state index is 5.54. The van der Waals surface area contributed by atoms with Crippen LogP contribution >= 0.6 is 0 Å². The van der Waals surface area contributed by atoms with E-state index in [1.165, 1.54) is 0 Å². The van der Waals surface area contributed by atoms with Crippen LogP contribution in [0.4, 0.5) is 0 Å². The van der Waals surface area contributed by atoms with E-state index in [0.717, 1.165) is 112 Å². The third-order valence-electron chi connectivity index (χ3n) is 10.3. The lowest BCUT2D eigenvalue weighted by atomic mass is 9.99. The Labute approximate surface area is 314 Å². The smallest absolute Gasteiger partial charge is 0.118 e. The van der Waals surface area contributed by atoms with E-state index in [0.29, 0.717) is 0 Å². The van der Waals surface area contributed by atoms with Crippen molar-refractivity contribution in [3.05, 3.63) is 155 Å². The molecule has 6 nitrogen and oxygen atoms in total. The molecule has 4 aromatic carbocycles. The van der Waals surface area contributed by atoms with Gasteiger partial charge in [0.05, 0.1) is 37.0 Å². The maximum absolute atomic E-state index is 5.54. The molecule has 0 amide bonds. The summed E-state index contributed by atoms with van der Waals surface area (Å²) < 4.78 is 11.1. The molecule has 262 valence electrons. The average Bonchev–Trinajstić information content (AvgIpc) is 4.05. The molecule has 2 aliphatic rings. The van der Waals surface area contributed by atoms with Gasteiger partial charge in [-0.3, -0.25) is 0 Å². The van der Waals surface area contributed by atoms with Crippen molar-refractivity contribution in [2.24, 2.45) is 0 Å². The summed E-state index contributed by atoms with van der Waals surface area (Å²) in [7, 11) is 3.38. The summed E-state index contributed by atoms with van der Waals surface area (Å²) in [6, 6.07) is 42.0. The molecule has 9 rings (SSSR count). The highest BCUT2D eigenvalue weighted by molar-refractivity contribution is 6.00. The van der Waals surface area contributed by atoms with Crippen molar-refractivity contribution in [2.75, 3.05) is 14.2 Å². The molecule has 0 spiro atoms. The van der Waals surface area contributed by atoms with Crippen molar-refractivity contribution < 1.29 is 9.47 Å². The molecule has 0 radical (unpaired) electrons. The van der Waals surface area contributed by atoms with Crippen molar-refractivity contribution in [3.8, 4) is 56.0 Å². The Kier molecular flexibility index (Phi) is 8.28. The Hall–Kier alpha value is -6.92. The van der Waals surface area contributed by atoms with E-state index in [1.54, 1.807) is 14.2 Å². The molecule has 0 aliphatic carbocycles. The third kappa shape index (κ3) is 5.78. The number of aryl methyl sites for hydroxylation is 2. The summed E-state index contributed by atoms with van der Waals surface area (Å²) in [6.45, 7) is 4.30. The fraction of sp³-hybridized carbons (Fsp3) is 0.0833. The lowest BCUT2D eigenvalue weighted by Gasteiger charge is -2.09. The van der Waals surface area contributed by atoms with Gasteiger partial charge >= 0.3 is 0 Å². The minimum atomic E-state index is 0.799. The number of rotatable bonds is 6. The Morgan fingerprint density at radius 2 is 0.722 bits per heavy atom. The standard InChI is InChI=1S/C48H38N4O2/c1-29-9-5-7-11-35(29)47-41-25-21-37(49-41)45(31-13-17-33(53-3)18-14-31)39-23-27-43(51-39)48(36-12-8-6-10-30(36)2)44-28-24-40(52-44)46(38-22-26-42(47)50-38)32-15-19-34(54-4)20-16-32/h5-28,49,52H,1-4H3. The van der Waals surface area contributed by atoms with Crippen molar-refractivity contribution in [2.45, 2.75) is 13.8 Å². The summed E-state index contributed by atoms with van der Waals surface area (Å²) in [5.41, 5.74) is 18.0. The molecular weight excluding hydrogens is 665 g/mol. The number of hydrogen-bond donors (Lipinski definition) is 2. The van der Waals surface area contributed by atoms with Crippen LogP contribution in [0.15, 0.2) is 121 Å². The van der Waals surface area contributed by atoms with Crippen LogP contribution < -0.4 is 9.47 Å². The Morgan fingerprint density at radius 1 is 0.389 bits per heavy atom. The molecule has 8 bridgehead atoms. The van der Waals surface area contributed by atoms with Crippen LogP contribution in [-0.4, -0.2) is 34.2 Å². The zero-order valence-electron chi connectivity index (χ0n) is 30.6. The van der Waals surface area contributed by atoms with E-state index >= 15 is 0 Å². The molecule has 0 saturated heterocycles. The van der Waals surface area contributed by atoms with E-state index in [9.17, 15) is 0 Å². The molecular formula is C48H38N4O2. The SMILES string of the molecule is COc1ccc(-c2c3nc(c(-c4ccccc4C)c4ccc([nH]4)c(-c4ccc(OC)cc4)c4nc(c(-c5ccccc5C)c5ccc2[nH]5)C=C4)C=C3)cc1. The van der Waals surface area contributed by atoms with Gasteiger partial charge in [-0.25, -0.2) is 9.97 Å². The van der Waals surface area contributed by atoms with Gasteiger partial charge in [0.25, 0.3) is 0 Å². The van der Waals surface area contributed by atoms with E-state index in [1.807, 2.05) is 24.3 Å². The average molecular weight is 703 g/mol. The normalized spacial score (nSPS) is 11.9. The number of H-pyrrole nitrogens is 2. The number of aromatic amines is 2. The van der Waals surface area contributed by atoms with Crippen LogP contribution in [0.1, 0.15) is 33.9 Å². The first-order valence-electron chi connectivity index (χ1n) is 18.1. The van der Waals surface area contributed by atoms with Crippen molar-refractivity contribution in [1.29, 1.82) is 0 Å². The molecule has 0 unspecified atom stereocenters. The largest absolute Gasteiger partial charge is 0.497 e. The number of hydrogen-bond acceptors (Lipinski definition) is 4. The summed E-state index contributed by atoms with van der Waals surface area (Å²) in [5, 5.41) is 0. The number of nitrogens with one attached hydrogen (secondary N) is 2. The highest BCUT2D eigenvalue weighted by Gasteiger charge is 2.20. The molecule has 5 heterocycles. The Balaban J connectivity index is 1.47. The van der Waals surface area contributed by atoms with Crippen LogP contribution in [0.5, 0.6) is 11.5 Å². The van der Waals surface area contributed by atoms with E-state index in [4.69, 9.17) is 19.4 Å². The molecule has 2 aliphatic heterocycles. The zero-order valence-corrected chi connectivity index (χ0v) is 30.6. The van der Waals surface area contributed by atoms with Gasteiger partial charge in [0, 0.05) is 44.3 Å². The van der Waals surface area contributed by atoms with Gasteiger partial charge in [0.2, 0.25) is 0 Å². The second kappa shape index (κ2) is 13.6. The first-order chi connectivity index (χ1) is 26.5. The number of benzene rings is 4. The lowest BCUT2D eigenvalue weighted by Crippen LogP contribution is -1.91. The quantitative estimate of drug-likeness (QED) is 0.181. The lowest BCUT2D eigenvalue weighted by molar-refractivity contribution is 0.415. The van der Waals surface area contributed by atoms with Gasteiger partial charge in [-0.05, 0) is 120 Å². The first-order valence-corrected chi connectivity index (χ1v) is 18.1. The molecule has 54 heavy (non-hydrogen) atoms. The van der Waals surface area contributed by atoms with Crippen molar-refractivity contribution in [1.82, 2.24) is 19.9 Å². The number of methoxy groups -OCH3 is 2. The van der Waals surface area contributed by atoms with Crippen molar-refractivity contribution >= 4 is 46.4 Å². The Bertz CT molecular complexity index is 2610. The predicted octanol–water partition coefficient (Wildman–Crippen LogP) is 12.0. The Morgan fingerprint density at radius 3 is 1.07 bits per heavy atom. The zero-order chi connectivity index (χ0) is 36.8. The van der Waals surface area contributed by atoms with Crippen LogP contribution in [0.2, 0.25) is 0 Å². The fourth-order valence-electron chi connectivity index (χ4n) is 7.60. The molecule has 6 heteroatoms. The molecule has 3 aromatic heterocycles. The van der Waals surface area contributed by atoms with Crippen LogP contribution in [0.3, 0.4) is 0 Å². The number of fused-ring (bicyclic) bond motifs is 8. The van der Waals surface area contributed by atoms with Crippen LogP contribution in [0, 0.1) is 13.8 Å². The molecule has 0 saturated carbocycles. The van der Waals surface area contributed by atoms with Gasteiger partial charge in [-0.2, -0.15) is 0 Å². The number of ether oxygens (including phenoxy) is 2. The summed E-state index contributed by atoms with van der Waals surface area (Å²) >= 11 is 0. The number of nitrogens with zero attached hydrogens (tertiary/aromatic N) is 2. The van der Waals surface area contributed by atoms with E-state index < -0.39 is 0 Å². The fourth-order valence-corrected chi connectivity index (χ4v) is 7.60. The molecule has 0 atom stereocenters. The van der Waals surface area contributed by atoms with Crippen LogP contribution in [-0.2, 0) is 0 Å². The second-order valence-corrected chi connectivity index (χ2v) is 13.6. The van der Waals surface area contributed by atoms with Gasteiger partial charge < -0.3 is 19.4 Å². The van der Waals surface area contributed by atoms with E-state index in [-0.39, 0.29) is 0 Å².